The van der Waals surface area contributed by atoms with Crippen molar-refractivity contribution in [1.82, 2.24) is 0 Å². The Morgan fingerprint density at radius 2 is 1.94 bits per heavy atom. The Bertz CT molecular complexity index is 430. The van der Waals surface area contributed by atoms with Crippen molar-refractivity contribution in [3.05, 3.63) is 23.5 Å². The van der Waals surface area contributed by atoms with Gasteiger partial charge < -0.3 is 15.6 Å². The predicted octanol–water partition coefficient (Wildman–Crippen LogP) is 2.00. The van der Waals surface area contributed by atoms with E-state index in [0.29, 0.717) is 12.1 Å². The highest BCUT2D eigenvalue weighted by molar-refractivity contribution is 5.89. The summed E-state index contributed by atoms with van der Waals surface area (Å²) in [6, 6.07) is 0.955. The molecule has 0 aromatic heterocycles. The molecule has 3 N–H and O–H groups in total. The number of benzene rings is 1. The van der Waals surface area contributed by atoms with Crippen LogP contribution in [0.3, 0.4) is 0 Å². The summed E-state index contributed by atoms with van der Waals surface area (Å²) in [5.74, 6) is -3.93. The van der Waals surface area contributed by atoms with Gasteiger partial charge in [0.05, 0.1) is 5.69 Å². The van der Waals surface area contributed by atoms with E-state index in [0.717, 1.165) is 0 Å². The monoisotopic (exact) mass is 239 g/mol. The van der Waals surface area contributed by atoms with Gasteiger partial charge in [0.1, 0.15) is 11.3 Å². The molecule has 0 aliphatic rings. The number of carbonyl (C=O) groups is 1. The maximum atomic E-state index is 13.0. The molecule has 1 aromatic carbocycles. The minimum atomic E-state index is -5.00. The fraction of sp³-hybridized carbons (Fsp3) is 0.125. The number of rotatable bonds is 2. The van der Waals surface area contributed by atoms with Crippen molar-refractivity contribution in [2.75, 3.05) is 5.73 Å². The Balaban J connectivity index is 3.19. The van der Waals surface area contributed by atoms with Crippen LogP contribution in [-0.4, -0.2) is 17.4 Å². The van der Waals surface area contributed by atoms with E-state index >= 15 is 0 Å². The third-order valence-corrected chi connectivity index (χ3v) is 1.54. The summed E-state index contributed by atoms with van der Waals surface area (Å²) in [4.78, 5) is 10.5. The van der Waals surface area contributed by atoms with Gasteiger partial charge in [-0.2, -0.15) is 0 Å². The highest BCUT2D eigenvalue weighted by atomic mass is 19.4. The molecule has 0 saturated heterocycles. The van der Waals surface area contributed by atoms with Crippen LogP contribution in [0.1, 0.15) is 10.4 Å². The molecule has 0 bridgehead atoms. The number of carboxylic acids is 1. The molecular weight excluding hydrogens is 234 g/mol. The van der Waals surface area contributed by atoms with E-state index in [2.05, 4.69) is 4.74 Å². The number of carboxylic acid groups (broad SMARTS) is 1. The molecule has 1 aromatic rings. The molecule has 0 saturated carbocycles. The van der Waals surface area contributed by atoms with Crippen LogP contribution in [0.15, 0.2) is 12.1 Å². The number of hydrogen-bond acceptors (Lipinski definition) is 3. The van der Waals surface area contributed by atoms with Crippen LogP contribution in [-0.2, 0) is 0 Å². The lowest BCUT2D eigenvalue weighted by Gasteiger charge is -2.10. The van der Waals surface area contributed by atoms with Crippen LogP contribution in [0.25, 0.3) is 0 Å². The molecule has 88 valence electrons. The Hall–Kier alpha value is -1.99. The minimum Gasteiger partial charge on any atom is -0.478 e. The van der Waals surface area contributed by atoms with Crippen molar-refractivity contribution in [3.8, 4) is 5.75 Å². The summed E-state index contributed by atoms with van der Waals surface area (Å²) in [5.41, 5.74) is 3.27. The van der Waals surface area contributed by atoms with Crippen LogP contribution < -0.4 is 10.5 Å². The third-order valence-electron chi connectivity index (χ3n) is 1.54. The Labute approximate surface area is 86.2 Å². The highest BCUT2D eigenvalue weighted by Crippen LogP contribution is 2.28. The van der Waals surface area contributed by atoms with E-state index in [1.54, 1.807) is 0 Å². The number of aromatic carboxylic acids is 1. The van der Waals surface area contributed by atoms with Gasteiger partial charge >= 0.3 is 12.3 Å². The lowest BCUT2D eigenvalue weighted by Crippen LogP contribution is -2.18. The van der Waals surface area contributed by atoms with Gasteiger partial charge in [0, 0.05) is 6.07 Å². The molecule has 0 aliphatic carbocycles. The Kier molecular flexibility index (Phi) is 2.92. The van der Waals surface area contributed by atoms with Gasteiger partial charge in [0.15, 0.2) is 5.82 Å². The van der Waals surface area contributed by atoms with Crippen molar-refractivity contribution in [2.24, 2.45) is 0 Å². The summed E-state index contributed by atoms with van der Waals surface area (Å²) in [7, 11) is 0. The quantitative estimate of drug-likeness (QED) is 0.611. The number of ether oxygens (including phenoxy) is 1. The molecule has 0 fully saturated rings. The Morgan fingerprint density at radius 1 is 1.38 bits per heavy atom. The third kappa shape index (κ3) is 2.75. The SMILES string of the molecule is Nc1cc(OC(F)(F)F)cc(C(=O)O)c1F. The first kappa shape index (κ1) is 12.1. The fourth-order valence-corrected chi connectivity index (χ4v) is 0.968. The zero-order chi connectivity index (χ0) is 12.5. The van der Waals surface area contributed by atoms with Crippen LogP contribution >= 0.6 is 0 Å². The summed E-state index contributed by atoms with van der Waals surface area (Å²) in [6.45, 7) is 0. The molecule has 0 spiro atoms. The molecule has 0 amide bonds. The molecule has 0 unspecified atom stereocenters. The van der Waals surface area contributed by atoms with Crippen molar-refractivity contribution in [2.45, 2.75) is 6.36 Å². The zero-order valence-corrected chi connectivity index (χ0v) is 7.51. The molecule has 4 nitrogen and oxygen atoms in total. The lowest BCUT2D eigenvalue weighted by molar-refractivity contribution is -0.274. The fourth-order valence-electron chi connectivity index (χ4n) is 0.968. The van der Waals surface area contributed by atoms with Gasteiger partial charge in [-0.1, -0.05) is 0 Å². The van der Waals surface area contributed by atoms with E-state index in [1.807, 2.05) is 0 Å². The first-order chi connectivity index (χ1) is 7.20. The molecule has 0 radical (unpaired) electrons. The number of anilines is 1. The number of hydrogen-bond donors (Lipinski definition) is 2. The first-order valence-corrected chi connectivity index (χ1v) is 3.79. The number of nitrogens with two attached hydrogens (primary N) is 1. The van der Waals surface area contributed by atoms with Gasteiger partial charge in [-0.25, -0.2) is 9.18 Å². The molecule has 0 aliphatic heterocycles. The number of alkyl halides is 3. The maximum absolute atomic E-state index is 13.0. The molecule has 16 heavy (non-hydrogen) atoms. The number of nitrogen functional groups attached to an aromatic ring is 1. The maximum Gasteiger partial charge on any atom is 0.573 e. The van der Waals surface area contributed by atoms with Crippen molar-refractivity contribution < 1.29 is 32.2 Å². The normalized spacial score (nSPS) is 11.2. The standard InChI is InChI=1S/C8H5F4NO3/c9-6-4(7(14)15)1-3(2-5(6)13)16-8(10,11)12/h1-2H,13H2,(H,14,15). The zero-order valence-electron chi connectivity index (χ0n) is 7.51. The van der Waals surface area contributed by atoms with Gasteiger partial charge in [-0.3, -0.25) is 0 Å². The van der Waals surface area contributed by atoms with Crippen molar-refractivity contribution >= 4 is 11.7 Å². The first-order valence-electron chi connectivity index (χ1n) is 3.79. The summed E-state index contributed by atoms with van der Waals surface area (Å²) in [6.07, 6.45) is -5.00. The molecular formula is C8H5F4NO3. The Morgan fingerprint density at radius 3 is 2.38 bits per heavy atom. The molecule has 8 heteroatoms. The van der Waals surface area contributed by atoms with Crippen LogP contribution in [0.5, 0.6) is 5.75 Å². The van der Waals surface area contributed by atoms with Gasteiger partial charge in [-0.05, 0) is 6.07 Å². The van der Waals surface area contributed by atoms with Crippen LogP contribution in [0, 0.1) is 5.82 Å². The van der Waals surface area contributed by atoms with Gasteiger partial charge in [0.2, 0.25) is 0 Å². The van der Waals surface area contributed by atoms with Crippen LogP contribution in [0.2, 0.25) is 0 Å². The topological polar surface area (TPSA) is 72.5 Å². The molecule has 0 atom stereocenters. The average molecular weight is 239 g/mol. The van der Waals surface area contributed by atoms with E-state index in [4.69, 9.17) is 10.8 Å². The summed E-state index contributed by atoms with van der Waals surface area (Å²) in [5, 5.41) is 8.48. The highest BCUT2D eigenvalue weighted by Gasteiger charge is 2.32. The smallest absolute Gasteiger partial charge is 0.478 e. The van der Waals surface area contributed by atoms with Crippen LogP contribution in [0.4, 0.5) is 23.2 Å². The second kappa shape index (κ2) is 3.87. The van der Waals surface area contributed by atoms with Crippen molar-refractivity contribution in [3.63, 3.8) is 0 Å². The second-order valence-corrected chi connectivity index (χ2v) is 2.73. The van der Waals surface area contributed by atoms with Gasteiger partial charge in [-0.15, -0.1) is 13.2 Å². The van der Waals surface area contributed by atoms with E-state index in [-0.39, 0.29) is 0 Å². The van der Waals surface area contributed by atoms with E-state index in [9.17, 15) is 22.4 Å². The number of halogens is 4. The second-order valence-electron chi connectivity index (χ2n) is 2.73. The predicted molar refractivity (Wildman–Crippen MR) is 44.5 cm³/mol. The largest absolute Gasteiger partial charge is 0.573 e. The average Bonchev–Trinajstić information content (AvgIpc) is 2.07. The van der Waals surface area contributed by atoms with Crippen molar-refractivity contribution in [1.29, 1.82) is 0 Å². The van der Waals surface area contributed by atoms with E-state index in [1.165, 1.54) is 0 Å². The molecule has 0 heterocycles. The van der Waals surface area contributed by atoms with E-state index < -0.39 is 35.1 Å². The summed E-state index contributed by atoms with van der Waals surface area (Å²) < 4.78 is 51.8. The lowest BCUT2D eigenvalue weighted by atomic mass is 10.2. The summed E-state index contributed by atoms with van der Waals surface area (Å²) >= 11 is 0. The van der Waals surface area contributed by atoms with Gasteiger partial charge in [0.25, 0.3) is 0 Å². The molecule has 1 rings (SSSR count). The minimum absolute atomic E-state index is 0.404.